The molecule has 0 unspecified atom stereocenters. The molecule has 0 aliphatic rings. The summed E-state index contributed by atoms with van der Waals surface area (Å²) in [5, 5.41) is 0. The topological polar surface area (TPSA) is 38.9 Å². The number of halogens is 1. The van der Waals surface area contributed by atoms with E-state index in [1.807, 2.05) is 36.1 Å². The fourth-order valence-electron chi connectivity index (χ4n) is 1.41. The van der Waals surface area contributed by atoms with Crippen molar-refractivity contribution < 1.29 is 33.3 Å². The molecule has 2 heterocycles. The van der Waals surface area contributed by atoms with Crippen molar-refractivity contribution in [2.45, 2.75) is 19.8 Å². The number of rotatable bonds is 3. The normalized spacial score (nSPS) is 9.16. The minimum absolute atomic E-state index is 0. The van der Waals surface area contributed by atoms with E-state index in [4.69, 9.17) is 4.74 Å². The Morgan fingerprint density at radius 3 is 3.00 bits per heavy atom. The fourth-order valence-corrected chi connectivity index (χ4v) is 1.92. The van der Waals surface area contributed by atoms with E-state index in [0.717, 1.165) is 35.8 Å². The fraction of sp³-hybridized carbons (Fsp3) is 0.308. The quantitative estimate of drug-likeness (QED) is 0.392. The van der Waals surface area contributed by atoms with Gasteiger partial charge in [-0.1, -0.05) is 12.8 Å². The standard InChI is InChI=1S/C13H14N3OS.HI/c1-3-4-5-9-17-13-12(14-18-15-13)11-7-6-8-16(2)10-11;/h6-8,10H,3-4H2,1-2H3;1H/q+1;/p-1. The van der Waals surface area contributed by atoms with Crippen molar-refractivity contribution in [3.05, 3.63) is 24.5 Å². The maximum absolute atomic E-state index is 5.34. The van der Waals surface area contributed by atoms with Crippen LogP contribution in [0.5, 0.6) is 5.88 Å². The molecule has 0 N–H and O–H groups in total. The van der Waals surface area contributed by atoms with Crippen molar-refractivity contribution >= 4 is 11.7 Å². The highest BCUT2D eigenvalue weighted by atomic mass is 127. The third-order valence-corrected chi connectivity index (χ3v) is 2.78. The van der Waals surface area contributed by atoms with Gasteiger partial charge in [0.1, 0.15) is 13.2 Å². The van der Waals surface area contributed by atoms with Crippen LogP contribution in [-0.2, 0) is 7.05 Å². The summed E-state index contributed by atoms with van der Waals surface area (Å²) in [7, 11) is 1.96. The summed E-state index contributed by atoms with van der Waals surface area (Å²) in [6, 6.07) is 3.93. The smallest absolute Gasteiger partial charge is 0.270 e. The molecule has 0 radical (unpaired) electrons. The summed E-state index contributed by atoms with van der Waals surface area (Å²) in [5.41, 5.74) is 1.71. The Labute approximate surface area is 134 Å². The second-order valence-electron chi connectivity index (χ2n) is 3.81. The molecule has 0 atom stereocenters. The highest BCUT2D eigenvalue weighted by Crippen LogP contribution is 2.26. The molecule has 0 aromatic carbocycles. The van der Waals surface area contributed by atoms with Crippen LogP contribution in [0.3, 0.4) is 0 Å². The van der Waals surface area contributed by atoms with Gasteiger partial charge in [0.2, 0.25) is 0 Å². The van der Waals surface area contributed by atoms with Crippen LogP contribution in [0.15, 0.2) is 24.5 Å². The number of hydrogen-bond acceptors (Lipinski definition) is 4. The first-order chi connectivity index (χ1) is 8.81. The van der Waals surface area contributed by atoms with E-state index in [1.54, 1.807) is 0 Å². The molecule has 100 valence electrons. The van der Waals surface area contributed by atoms with Gasteiger partial charge in [0.05, 0.1) is 17.3 Å². The van der Waals surface area contributed by atoms with Gasteiger partial charge in [0.25, 0.3) is 5.88 Å². The Kier molecular flexibility index (Phi) is 6.73. The molecule has 0 saturated carbocycles. The Bertz CT molecular complexity index is 589. The molecule has 0 bridgehead atoms. The largest absolute Gasteiger partial charge is 1.00 e. The molecule has 0 aliphatic carbocycles. The third kappa shape index (κ3) is 4.44. The van der Waals surface area contributed by atoms with Crippen molar-refractivity contribution in [1.29, 1.82) is 0 Å². The van der Waals surface area contributed by atoms with Crippen LogP contribution in [-0.4, -0.2) is 8.75 Å². The van der Waals surface area contributed by atoms with Gasteiger partial charge in [-0.3, -0.25) is 0 Å². The second kappa shape index (κ2) is 8.07. The number of pyridine rings is 1. The zero-order chi connectivity index (χ0) is 12.8. The monoisotopic (exact) mass is 387 g/mol. The molecular formula is C13H14IN3OS. The summed E-state index contributed by atoms with van der Waals surface area (Å²) >= 11 is 1.13. The SMILES string of the molecule is CCCC#COc1nsnc1-c1ccc[n+](C)c1.[I-]. The lowest BCUT2D eigenvalue weighted by Gasteiger charge is -1.96. The number of aromatic nitrogens is 3. The van der Waals surface area contributed by atoms with Crippen molar-refractivity contribution in [3.63, 3.8) is 0 Å². The number of unbranched alkanes of at least 4 members (excludes halogenated alkanes) is 1. The average molecular weight is 387 g/mol. The summed E-state index contributed by atoms with van der Waals surface area (Å²) in [5.74, 6) is 3.40. The van der Waals surface area contributed by atoms with E-state index in [0.29, 0.717) is 5.88 Å². The van der Waals surface area contributed by atoms with Crippen molar-refractivity contribution in [2.75, 3.05) is 0 Å². The van der Waals surface area contributed by atoms with Crippen molar-refractivity contribution in [2.24, 2.45) is 7.05 Å². The Morgan fingerprint density at radius 2 is 2.26 bits per heavy atom. The molecule has 6 heteroatoms. The van der Waals surface area contributed by atoms with Crippen LogP contribution in [0.2, 0.25) is 0 Å². The molecule has 2 rings (SSSR count). The molecule has 0 fully saturated rings. The first-order valence-corrected chi connectivity index (χ1v) is 6.47. The summed E-state index contributed by atoms with van der Waals surface area (Å²) in [6.45, 7) is 2.08. The van der Waals surface area contributed by atoms with E-state index in [2.05, 4.69) is 27.7 Å². The van der Waals surface area contributed by atoms with Crippen LogP contribution in [0, 0.1) is 12.0 Å². The molecule has 0 amide bonds. The number of hydrogen-bond donors (Lipinski definition) is 0. The molecule has 2 aromatic rings. The van der Waals surface area contributed by atoms with Gasteiger partial charge < -0.3 is 28.7 Å². The lowest BCUT2D eigenvalue weighted by molar-refractivity contribution is -0.671. The molecule has 19 heavy (non-hydrogen) atoms. The molecule has 0 spiro atoms. The maximum atomic E-state index is 5.34. The van der Waals surface area contributed by atoms with Gasteiger partial charge >= 0.3 is 0 Å². The van der Waals surface area contributed by atoms with Crippen LogP contribution in [0.4, 0.5) is 0 Å². The predicted octanol–water partition coefficient (Wildman–Crippen LogP) is -0.827. The summed E-state index contributed by atoms with van der Waals surface area (Å²) in [4.78, 5) is 0. The molecule has 2 aromatic heterocycles. The van der Waals surface area contributed by atoms with Gasteiger partial charge in [0, 0.05) is 12.5 Å². The van der Waals surface area contributed by atoms with Crippen LogP contribution >= 0.6 is 11.7 Å². The van der Waals surface area contributed by atoms with Gasteiger partial charge in [-0.15, -0.1) is 4.37 Å². The van der Waals surface area contributed by atoms with Crippen LogP contribution < -0.4 is 33.3 Å². The summed E-state index contributed by atoms with van der Waals surface area (Å²) in [6.07, 6.45) is 8.45. The Balaban J connectivity index is 0.00000180. The van der Waals surface area contributed by atoms with Gasteiger partial charge in [-0.25, -0.2) is 4.57 Å². The lowest BCUT2D eigenvalue weighted by atomic mass is 10.2. The van der Waals surface area contributed by atoms with Crippen LogP contribution in [0.25, 0.3) is 11.3 Å². The van der Waals surface area contributed by atoms with Crippen molar-refractivity contribution in [3.8, 4) is 29.2 Å². The number of aryl methyl sites for hydroxylation is 1. The second-order valence-corrected chi connectivity index (χ2v) is 4.34. The number of nitrogens with zero attached hydrogens (tertiary/aromatic N) is 3. The zero-order valence-electron chi connectivity index (χ0n) is 10.8. The zero-order valence-corrected chi connectivity index (χ0v) is 13.7. The summed E-state index contributed by atoms with van der Waals surface area (Å²) < 4.78 is 15.7. The highest BCUT2D eigenvalue weighted by molar-refractivity contribution is 6.99. The minimum Gasteiger partial charge on any atom is -1.00 e. The van der Waals surface area contributed by atoms with E-state index in [-0.39, 0.29) is 24.0 Å². The van der Waals surface area contributed by atoms with E-state index < -0.39 is 0 Å². The molecule has 4 nitrogen and oxygen atoms in total. The van der Waals surface area contributed by atoms with Gasteiger partial charge in [0.15, 0.2) is 18.1 Å². The van der Waals surface area contributed by atoms with Crippen molar-refractivity contribution in [1.82, 2.24) is 8.75 Å². The predicted molar refractivity (Wildman–Crippen MR) is 69.8 cm³/mol. The molecular weight excluding hydrogens is 373 g/mol. The first-order valence-electron chi connectivity index (χ1n) is 5.74. The Morgan fingerprint density at radius 1 is 1.42 bits per heavy atom. The van der Waals surface area contributed by atoms with E-state index >= 15 is 0 Å². The number of ether oxygens (including phenoxy) is 1. The van der Waals surface area contributed by atoms with Gasteiger partial charge in [-0.05, 0) is 12.5 Å². The molecule has 0 saturated heterocycles. The van der Waals surface area contributed by atoms with Gasteiger partial charge in [-0.2, -0.15) is 4.37 Å². The Hall–Kier alpha value is -1.20. The first kappa shape index (κ1) is 15.9. The average Bonchev–Trinajstić information content (AvgIpc) is 2.83. The lowest BCUT2D eigenvalue weighted by Crippen LogP contribution is -3.00. The minimum atomic E-state index is 0. The highest BCUT2D eigenvalue weighted by Gasteiger charge is 2.13. The van der Waals surface area contributed by atoms with Crippen LogP contribution in [0.1, 0.15) is 19.8 Å². The van der Waals surface area contributed by atoms with E-state index in [1.165, 1.54) is 0 Å². The maximum Gasteiger partial charge on any atom is 0.270 e. The molecule has 0 aliphatic heterocycles. The van der Waals surface area contributed by atoms with E-state index in [9.17, 15) is 0 Å². The third-order valence-electron chi connectivity index (χ3n) is 2.27.